The molecule has 1 aromatic carbocycles. The average Bonchev–Trinajstić information content (AvgIpc) is 2.84. The van der Waals surface area contributed by atoms with Crippen molar-refractivity contribution in [2.24, 2.45) is 5.92 Å². The number of hydrogen-bond acceptors (Lipinski definition) is 4. The fraction of sp³-hybridized carbons (Fsp3) is 0.444. The van der Waals surface area contributed by atoms with Gasteiger partial charge in [-0.1, -0.05) is 25.3 Å². The topological polar surface area (TPSA) is 46.6 Å². The van der Waals surface area contributed by atoms with E-state index in [0.717, 1.165) is 40.4 Å². The van der Waals surface area contributed by atoms with E-state index in [1.165, 1.54) is 24.2 Å². The fourth-order valence-electron chi connectivity index (χ4n) is 3.21. The molecular formula is C18H20BrNO3S. The first-order valence-electron chi connectivity index (χ1n) is 8.17. The van der Waals surface area contributed by atoms with Gasteiger partial charge in [0.25, 0.3) is 11.1 Å². The molecule has 0 unspecified atom stereocenters. The third kappa shape index (κ3) is 3.86. The number of methoxy groups -OCH3 is 1. The summed E-state index contributed by atoms with van der Waals surface area (Å²) in [5.41, 5.74) is 0.867. The summed E-state index contributed by atoms with van der Waals surface area (Å²) < 4.78 is 6.03. The summed E-state index contributed by atoms with van der Waals surface area (Å²) in [4.78, 5) is 26.7. The van der Waals surface area contributed by atoms with Gasteiger partial charge in [0.1, 0.15) is 5.75 Å². The third-order valence-electron chi connectivity index (χ3n) is 4.51. The highest BCUT2D eigenvalue weighted by Gasteiger charge is 2.36. The average molecular weight is 410 g/mol. The van der Waals surface area contributed by atoms with Gasteiger partial charge in [0.2, 0.25) is 0 Å². The number of carbonyl (C=O) groups is 2. The maximum absolute atomic E-state index is 12.6. The molecule has 4 nitrogen and oxygen atoms in total. The summed E-state index contributed by atoms with van der Waals surface area (Å²) in [5, 5.41) is -0.149. The van der Waals surface area contributed by atoms with Crippen molar-refractivity contribution in [2.45, 2.75) is 32.1 Å². The highest BCUT2D eigenvalue weighted by Crippen LogP contribution is 2.35. The Labute approximate surface area is 154 Å². The summed E-state index contributed by atoms with van der Waals surface area (Å²) >= 11 is 4.47. The SMILES string of the molecule is COc1ccc(/C=C2/SC(=O)N(CC3CCCCC3)C2=O)cc1Br. The Morgan fingerprint density at radius 2 is 2.04 bits per heavy atom. The molecule has 2 amide bonds. The van der Waals surface area contributed by atoms with Gasteiger partial charge < -0.3 is 4.74 Å². The van der Waals surface area contributed by atoms with Crippen LogP contribution in [0.1, 0.15) is 37.7 Å². The fourth-order valence-corrected chi connectivity index (χ4v) is 4.62. The third-order valence-corrected chi connectivity index (χ3v) is 6.04. The van der Waals surface area contributed by atoms with Gasteiger partial charge in [-0.15, -0.1) is 0 Å². The van der Waals surface area contributed by atoms with E-state index in [0.29, 0.717) is 17.4 Å². The molecule has 2 fully saturated rings. The number of carbonyl (C=O) groups excluding carboxylic acids is 2. The van der Waals surface area contributed by atoms with E-state index in [4.69, 9.17) is 4.74 Å². The monoisotopic (exact) mass is 409 g/mol. The smallest absolute Gasteiger partial charge is 0.293 e. The molecule has 6 heteroatoms. The molecule has 0 N–H and O–H groups in total. The molecule has 2 aliphatic rings. The highest BCUT2D eigenvalue weighted by molar-refractivity contribution is 9.10. The Morgan fingerprint density at radius 3 is 2.71 bits per heavy atom. The molecule has 0 radical (unpaired) electrons. The quantitative estimate of drug-likeness (QED) is 0.650. The van der Waals surface area contributed by atoms with Crippen LogP contribution in [0.5, 0.6) is 5.75 Å². The number of amides is 2. The second kappa shape index (κ2) is 7.74. The number of thioether (sulfide) groups is 1. The summed E-state index contributed by atoms with van der Waals surface area (Å²) in [5.74, 6) is 1.03. The normalized spacial score (nSPS) is 20.9. The molecule has 1 heterocycles. The van der Waals surface area contributed by atoms with Crippen LogP contribution in [0.15, 0.2) is 27.6 Å². The molecule has 0 aromatic heterocycles. The van der Waals surface area contributed by atoms with Crippen LogP contribution in [0.4, 0.5) is 4.79 Å². The molecule has 0 spiro atoms. The first kappa shape index (κ1) is 17.5. The van der Waals surface area contributed by atoms with Crippen molar-refractivity contribution in [3.05, 3.63) is 33.1 Å². The van der Waals surface area contributed by atoms with Gasteiger partial charge in [0, 0.05) is 6.54 Å². The van der Waals surface area contributed by atoms with Gasteiger partial charge in [0.05, 0.1) is 16.5 Å². The molecule has 1 saturated carbocycles. The predicted octanol–water partition coefficient (Wildman–Crippen LogP) is 5.07. The van der Waals surface area contributed by atoms with Crippen LogP contribution < -0.4 is 4.74 Å². The highest BCUT2D eigenvalue weighted by atomic mass is 79.9. The molecule has 24 heavy (non-hydrogen) atoms. The summed E-state index contributed by atoms with van der Waals surface area (Å²) in [6.07, 6.45) is 7.69. The molecule has 1 aromatic rings. The maximum atomic E-state index is 12.6. The molecule has 3 rings (SSSR count). The molecular weight excluding hydrogens is 390 g/mol. The van der Waals surface area contributed by atoms with E-state index in [1.807, 2.05) is 18.2 Å². The van der Waals surface area contributed by atoms with Crippen molar-refractivity contribution < 1.29 is 14.3 Å². The van der Waals surface area contributed by atoms with Crippen LogP contribution in [0.25, 0.3) is 6.08 Å². The zero-order valence-electron chi connectivity index (χ0n) is 13.6. The lowest BCUT2D eigenvalue weighted by atomic mass is 9.89. The van der Waals surface area contributed by atoms with E-state index in [1.54, 1.807) is 13.2 Å². The molecule has 0 bridgehead atoms. The Kier molecular flexibility index (Phi) is 5.66. The predicted molar refractivity (Wildman–Crippen MR) is 99.9 cm³/mol. The van der Waals surface area contributed by atoms with Crippen molar-refractivity contribution in [3.8, 4) is 5.75 Å². The van der Waals surface area contributed by atoms with Gasteiger partial charge in [-0.05, 0) is 70.2 Å². The van der Waals surface area contributed by atoms with E-state index in [9.17, 15) is 9.59 Å². The van der Waals surface area contributed by atoms with Crippen molar-refractivity contribution in [1.29, 1.82) is 0 Å². The van der Waals surface area contributed by atoms with Crippen LogP contribution in [-0.2, 0) is 4.79 Å². The first-order chi connectivity index (χ1) is 11.6. The summed E-state index contributed by atoms with van der Waals surface area (Å²) in [7, 11) is 1.61. The largest absolute Gasteiger partial charge is 0.496 e. The molecule has 0 atom stereocenters. The van der Waals surface area contributed by atoms with Crippen molar-refractivity contribution in [2.75, 3.05) is 13.7 Å². The molecule has 1 saturated heterocycles. The van der Waals surface area contributed by atoms with Gasteiger partial charge in [-0.2, -0.15) is 0 Å². The second-order valence-corrected chi connectivity index (χ2v) is 8.04. The number of rotatable bonds is 4. The zero-order chi connectivity index (χ0) is 17.1. The van der Waals surface area contributed by atoms with Crippen LogP contribution >= 0.6 is 27.7 Å². The molecule has 1 aliphatic carbocycles. The Hall–Kier alpha value is -1.27. The zero-order valence-corrected chi connectivity index (χ0v) is 16.0. The Balaban J connectivity index is 1.74. The Morgan fingerprint density at radius 1 is 1.29 bits per heavy atom. The lowest BCUT2D eigenvalue weighted by molar-refractivity contribution is -0.123. The first-order valence-corrected chi connectivity index (χ1v) is 9.78. The van der Waals surface area contributed by atoms with Crippen molar-refractivity contribution >= 4 is 44.9 Å². The number of halogens is 1. The van der Waals surface area contributed by atoms with Crippen LogP contribution in [0, 0.1) is 5.92 Å². The second-order valence-electron chi connectivity index (χ2n) is 6.19. The van der Waals surface area contributed by atoms with E-state index in [2.05, 4.69) is 15.9 Å². The van der Waals surface area contributed by atoms with E-state index < -0.39 is 0 Å². The number of imide groups is 1. The standard InChI is InChI=1S/C18H20BrNO3S/c1-23-15-8-7-13(9-14(15)19)10-16-17(21)20(18(22)24-16)11-12-5-3-2-4-6-12/h7-10,12H,2-6,11H2,1H3/b16-10+. The minimum Gasteiger partial charge on any atom is -0.496 e. The number of nitrogens with zero attached hydrogens (tertiary/aromatic N) is 1. The molecule has 128 valence electrons. The minimum atomic E-state index is -0.164. The lowest BCUT2D eigenvalue weighted by Crippen LogP contribution is -2.34. The number of hydrogen-bond donors (Lipinski definition) is 0. The van der Waals surface area contributed by atoms with Gasteiger partial charge in [-0.25, -0.2) is 0 Å². The summed E-state index contributed by atoms with van der Waals surface area (Å²) in [6.45, 7) is 0.564. The van der Waals surface area contributed by atoms with Crippen LogP contribution in [0.2, 0.25) is 0 Å². The van der Waals surface area contributed by atoms with E-state index >= 15 is 0 Å². The van der Waals surface area contributed by atoms with Crippen molar-refractivity contribution in [1.82, 2.24) is 4.90 Å². The summed E-state index contributed by atoms with van der Waals surface area (Å²) in [6, 6.07) is 5.59. The number of ether oxygens (including phenoxy) is 1. The minimum absolute atomic E-state index is 0.149. The number of benzene rings is 1. The molecule has 1 aliphatic heterocycles. The lowest BCUT2D eigenvalue weighted by Gasteiger charge is -2.25. The maximum Gasteiger partial charge on any atom is 0.293 e. The van der Waals surface area contributed by atoms with Gasteiger partial charge in [-0.3, -0.25) is 14.5 Å². The van der Waals surface area contributed by atoms with Crippen LogP contribution in [-0.4, -0.2) is 29.7 Å². The van der Waals surface area contributed by atoms with Crippen molar-refractivity contribution in [3.63, 3.8) is 0 Å². The Bertz CT molecular complexity index is 683. The van der Waals surface area contributed by atoms with E-state index in [-0.39, 0.29) is 11.1 Å². The van der Waals surface area contributed by atoms with Gasteiger partial charge >= 0.3 is 0 Å². The van der Waals surface area contributed by atoms with Crippen LogP contribution in [0.3, 0.4) is 0 Å². The van der Waals surface area contributed by atoms with Gasteiger partial charge in [0.15, 0.2) is 0 Å².